The maximum atomic E-state index is 12.7. The number of nitrogens with zero attached hydrogens (tertiary/aromatic N) is 9. The summed E-state index contributed by atoms with van der Waals surface area (Å²) >= 11 is 0. The molecule has 4 aromatic heterocycles. The van der Waals surface area contributed by atoms with Crippen LogP contribution in [0.25, 0.3) is 11.3 Å². The number of aromatic nitrogens is 6. The number of hydrogen-bond donors (Lipinski definition) is 1. The van der Waals surface area contributed by atoms with E-state index in [1.54, 1.807) is 25.7 Å². The smallest absolute Gasteiger partial charge is 0.444 e. The average Bonchev–Trinajstić information content (AvgIpc) is 3.98. The minimum Gasteiger partial charge on any atom is -0.444 e. The highest BCUT2D eigenvalue weighted by Gasteiger charge is 2.49. The van der Waals surface area contributed by atoms with Crippen LogP contribution in [0, 0.1) is 13.8 Å². The second-order valence-corrected chi connectivity index (χ2v) is 20.8. The maximum absolute atomic E-state index is 12.7. The number of piperidine rings is 2. The SMILES string of the molecule is C1CCOC1.C1CNC1.Cc1cc(N2CCC2)nc2cc([C@@H]3CCCCN3C(=O)OC(C)(C)C)nn12.Cc1cc(OS(=O)(=O)C(F)(F)F)nc2cc([C@@H]3CCCCN3C(=O)OC(C)(C)C)nn12. The molecule has 4 aromatic rings. The minimum atomic E-state index is -5.85. The molecule has 9 heterocycles. The predicted molar refractivity (Wildman–Crippen MR) is 244 cm³/mol. The molecule has 0 radical (unpaired) electrons. The molecule has 9 rings (SSSR count). The molecule has 67 heavy (non-hydrogen) atoms. The van der Waals surface area contributed by atoms with Crippen molar-refractivity contribution in [2.75, 3.05) is 57.4 Å². The highest BCUT2D eigenvalue weighted by atomic mass is 32.2. The van der Waals surface area contributed by atoms with E-state index in [9.17, 15) is 31.2 Å². The lowest BCUT2D eigenvalue weighted by Crippen LogP contribution is -2.42. The quantitative estimate of drug-likeness (QED) is 0.149. The summed E-state index contributed by atoms with van der Waals surface area (Å²) in [6, 6.07) is 6.20. The Hall–Kier alpha value is -4.96. The van der Waals surface area contributed by atoms with Crippen molar-refractivity contribution in [3.63, 3.8) is 0 Å². The van der Waals surface area contributed by atoms with Crippen LogP contribution in [0.4, 0.5) is 28.6 Å². The highest BCUT2D eigenvalue weighted by Crippen LogP contribution is 2.35. The number of likely N-dealkylation sites (tertiary alicyclic amines) is 2. The van der Waals surface area contributed by atoms with Gasteiger partial charge in [0.1, 0.15) is 17.0 Å². The lowest BCUT2D eigenvalue weighted by molar-refractivity contribution is -0.0501. The van der Waals surface area contributed by atoms with Crippen LogP contribution in [0.3, 0.4) is 0 Å². The Morgan fingerprint density at radius 3 is 1.52 bits per heavy atom. The van der Waals surface area contributed by atoms with Crippen LogP contribution >= 0.6 is 0 Å². The van der Waals surface area contributed by atoms with Gasteiger partial charge in [-0.1, -0.05) is 0 Å². The molecule has 372 valence electrons. The molecule has 0 bridgehead atoms. The lowest BCUT2D eigenvalue weighted by atomic mass is 10.00. The lowest BCUT2D eigenvalue weighted by Gasteiger charge is -2.35. The molecule has 2 atom stereocenters. The molecule has 0 unspecified atom stereocenters. The number of carbonyl (C=O) groups is 2. The van der Waals surface area contributed by atoms with Crippen molar-refractivity contribution in [3.8, 4) is 5.88 Å². The Kier molecular flexibility index (Phi) is 16.5. The van der Waals surface area contributed by atoms with Crippen molar-refractivity contribution in [2.24, 2.45) is 0 Å². The highest BCUT2D eigenvalue weighted by molar-refractivity contribution is 7.87. The van der Waals surface area contributed by atoms with E-state index in [1.807, 2.05) is 36.3 Å². The van der Waals surface area contributed by atoms with Gasteiger partial charge in [-0.2, -0.15) is 36.8 Å². The number of nitrogens with one attached hydrogen (secondary N) is 1. The standard InChI is InChI=1S/C20H29N5O2.C18H23F3N4O5S.C4H8O.C3H7N/c1-14-12-17(23-9-7-10-23)21-18-13-15(22-25(14)18)16-8-5-6-11-24(16)19(26)27-20(2,3)4;1-11-9-15(30-31(27,28)18(19,20)21)22-14-10-12(23-25(11)14)13-7-5-6-8-24(13)16(26)29-17(2,3)4;1-2-4-5-3-1;1-2-4-3-1/h12-13,16H,5-11H2,1-4H3;9-10,13H,5-8H2,1-4H3;1-4H2;4H,1-3H2/t16-;13-;;/m00../s1. The molecule has 0 saturated carbocycles. The van der Waals surface area contributed by atoms with E-state index in [0.717, 1.165) is 87.3 Å². The van der Waals surface area contributed by atoms with Crippen LogP contribution in [-0.4, -0.2) is 129 Å². The first kappa shape index (κ1) is 51.4. The summed E-state index contributed by atoms with van der Waals surface area (Å²) in [5.41, 5.74) is -3.06. The molecule has 0 aliphatic carbocycles. The Morgan fingerprint density at radius 1 is 0.672 bits per heavy atom. The van der Waals surface area contributed by atoms with E-state index in [4.69, 9.17) is 24.3 Å². The molecule has 18 nitrogen and oxygen atoms in total. The summed E-state index contributed by atoms with van der Waals surface area (Å²) in [6.07, 6.45) is 9.69. The Balaban J connectivity index is 0.000000186. The summed E-state index contributed by atoms with van der Waals surface area (Å²) in [5, 5.41) is 12.3. The second kappa shape index (κ2) is 21.6. The minimum absolute atomic E-state index is 0.0536. The van der Waals surface area contributed by atoms with Gasteiger partial charge in [0.25, 0.3) is 0 Å². The van der Waals surface area contributed by atoms with Gasteiger partial charge >= 0.3 is 27.8 Å². The van der Waals surface area contributed by atoms with E-state index in [-0.39, 0.29) is 17.8 Å². The van der Waals surface area contributed by atoms with Crippen LogP contribution < -0.4 is 14.4 Å². The van der Waals surface area contributed by atoms with E-state index < -0.39 is 44.8 Å². The third kappa shape index (κ3) is 13.8. The zero-order valence-electron chi connectivity index (χ0n) is 40.0. The normalized spacial score (nSPS) is 20.0. The van der Waals surface area contributed by atoms with Crippen molar-refractivity contribution >= 4 is 39.4 Å². The molecule has 5 aliphatic heterocycles. The fourth-order valence-corrected chi connectivity index (χ4v) is 8.12. The number of alkyl halides is 3. The summed E-state index contributed by atoms with van der Waals surface area (Å²) in [7, 11) is -5.85. The van der Waals surface area contributed by atoms with E-state index in [0.29, 0.717) is 30.9 Å². The van der Waals surface area contributed by atoms with Gasteiger partial charge in [-0.05, 0) is 133 Å². The predicted octanol–water partition coefficient (Wildman–Crippen LogP) is 8.21. The van der Waals surface area contributed by atoms with Gasteiger partial charge in [-0.3, -0.25) is 9.80 Å². The monoisotopic (exact) mass is 964 g/mol. The van der Waals surface area contributed by atoms with E-state index in [1.165, 1.54) is 56.3 Å². The fraction of sp³-hybridized carbons (Fsp3) is 0.689. The summed E-state index contributed by atoms with van der Waals surface area (Å²) in [4.78, 5) is 39.7. The van der Waals surface area contributed by atoms with Crippen LogP contribution in [0.2, 0.25) is 0 Å². The van der Waals surface area contributed by atoms with Gasteiger partial charge in [0.15, 0.2) is 11.3 Å². The van der Waals surface area contributed by atoms with Gasteiger partial charge in [-0.15, -0.1) is 0 Å². The third-order valence-electron chi connectivity index (χ3n) is 11.3. The average molecular weight is 965 g/mol. The van der Waals surface area contributed by atoms with E-state index >= 15 is 0 Å². The fourth-order valence-electron chi connectivity index (χ4n) is 7.72. The molecular formula is C45H67F3N10O8S. The van der Waals surface area contributed by atoms with Crippen LogP contribution in [0.15, 0.2) is 24.3 Å². The van der Waals surface area contributed by atoms with Crippen molar-refractivity contribution in [1.29, 1.82) is 0 Å². The maximum Gasteiger partial charge on any atom is 0.534 e. The van der Waals surface area contributed by atoms with Gasteiger partial charge in [-0.25, -0.2) is 23.6 Å². The molecule has 0 spiro atoms. The summed E-state index contributed by atoms with van der Waals surface area (Å²) in [6.45, 7) is 22.4. The number of hydrogen-bond acceptors (Lipinski definition) is 14. The van der Waals surface area contributed by atoms with Crippen molar-refractivity contribution in [3.05, 3.63) is 47.0 Å². The summed E-state index contributed by atoms with van der Waals surface area (Å²) < 4.78 is 83.8. The molecule has 5 aliphatic rings. The number of ether oxygens (including phenoxy) is 3. The topological polar surface area (TPSA) is 187 Å². The van der Waals surface area contributed by atoms with Crippen LogP contribution in [-0.2, 0) is 24.3 Å². The van der Waals surface area contributed by atoms with Gasteiger partial charge in [0.05, 0.1) is 23.5 Å². The number of amides is 2. The first-order valence-corrected chi connectivity index (χ1v) is 24.7. The number of rotatable bonds is 5. The van der Waals surface area contributed by atoms with Crippen molar-refractivity contribution < 1.29 is 49.6 Å². The van der Waals surface area contributed by atoms with Gasteiger partial charge in [0.2, 0.25) is 5.88 Å². The molecule has 0 aromatic carbocycles. The second-order valence-electron chi connectivity index (χ2n) is 19.3. The van der Waals surface area contributed by atoms with Gasteiger partial charge < -0.3 is 28.6 Å². The molecule has 2 amide bonds. The zero-order chi connectivity index (χ0) is 48.7. The number of carbonyl (C=O) groups excluding carboxylic acids is 2. The first-order valence-electron chi connectivity index (χ1n) is 23.3. The molecule has 5 saturated heterocycles. The Morgan fingerprint density at radius 2 is 1.13 bits per heavy atom. The largest absolute Gasteiger partial charge is 0.534 e. The summed E-state index contributed by atoms with van der Waals surface area (Å²) in [5.74, 6) is 0.298. The third-order valence-corrected chi connectivity index (χ3v) is 12.3. The number of anilines is 1. The first-order chi connectivity index (χ1) is 31.5. The number of fused-ring (bicyclic) bond motifs is 2. The van der Waals surface area contributed by atoms with Crippen molar-refractivity contribution in [2.45, 2.75) is 148 Å². The van der Waals surface area contributed by atoms with Crippen molar-refractivity contribution in [1.82, 2.24) is 44.3 Å². The number of aryl methyl sites for hydroxylation is 2. The molecule has 22 heteroatoms. The molecular weight excluding hydrogens is 898 g/mol. The zero-order valence-corrected chi connectivity index (χ0v) is 40.8. The Bertz CT molecular complexity index is 2410. The molecule has 1 N–H and O–H groups in total. The van der Waals surface area contributed by atoms with Gasteiger partial charge in [0, 0.05) is 75.0 Å². The van der Waals surface area contributed by atoms with E-state index in [2.05, 4.69) is 37.5 Å². The Labute approximate surface area is 391 Å². The molecule has 5 fully saturated rings. The van der Waals surface area contributed by atoms with Crippen LogP contribution in [0.1, 0.15) is 141 Å². The number of halogens is 3. The van der Waals surface area contributed by atoms with Crippen LogP contribution in [0.5, 0.6) is 5.88 Å².